The lowest BCUT2D eigenvalue weighted by molar-refractivity contribution is 0.0685. The van der Waals surface area contributed by atoms with Crippen LogP contribution in [0, 0.1) is 6.92 Å². The van der Waals surface area contributed by atoms with Crippen molar-refractivity contribution in [3.05, 3.63) is 35.5 Å². The van der Waals surface area contributed by atoms with Crippen molar-refractivity contribution >= 4 is 16.0 Å². The van der Waals surface area contributed by atoms with Gasteiger partial charge in [0.05, 0.1) is 12.2 Å². The van der Waals surface area contributed by atoms with Crippen LogP contribution in [0.3, 0.4) is 0 Å². The molecule has 2 heterocycles. The van der Waals surface area contributed by atoms with E-state index in [1.807, 2.05) is 0 Å². The molecule has 2 aromatic rings. The van der Waals surface area contributed by atoms with Crippen LogP contribution < -0.4 is 4.72 Å². The van der Waals surface area contributed by atoms with Gasteiger partial charge in [0, 0.05) is 18.8 Å². The van der Waals surface area contributed by atoms with Crippen LogP contribution in [0.5, 0.6) is 0 Å². The number of aromatic nitrogens is 2. The van der Waals surface area contributed by atoms with Crippen molar-refractivity contribution in [1.82, 2.24) is 14.4 Å². The van der Waals surface area contributed by atoms with Gasteiger partial charge < -0.3 is 14.2 Å². The largest absolute Gasteiger partial charge is 0.477 e. The molecule has 2 rings (SSSR count). The number of aryl methyl sites for hydroxylation is 2. The fraction of sp³-hybridized carbons (Fsp3) is 0.333. The number of aromatic carboxylic acids is 1. The van der Waals surface area contributed by atoms with E-state index in [-0.39, 0.29) is 17.1 Å². The molecule has 9 heteroatoms. The minimum atomic E-state index is -3.81. The molecule has 0 aromatic carbocycles. The Balaban J connectivity index is 2.21. The molecule has 0 unspecified atom stereocenters. The van der Waals surface area contributed by atoms with Crippen molar-refractivity contribution < 1.29 is 22.8 Å². The molecule has 21 heavy (non-hydrogen) atoms. The van der Waals surface area contributed by atoms with Gasteiger partial charge in [-0.15, -0.1) is 0 Å². The number of rotatable bonds is 6. The van der Waals surface area contributed by atoms with Crippen LogP contribution in [0.1, 0.15) is 28.9 Å². The van der Waals surface area contributed by atoms with Crippen molar-refractivity contribution in [1.29, 1.82) is 0 Å². The zero-order chi connectivity index (χ0) is 15.6. The maximum absolute atomic E-state index is 12.1. The second-order valence-electron chi connectivity index (χ2n) is 4.41. The normalized spacial score (nSPS) is 11.7. The summed E-state index contributed by atoms with van der Waals surface area (Å²) in [6, 6.07) is 2.74. The Morgan fingerprint density at radius 1 is 1.48 bits per heavy atom. The molecule has 0 saturated carbocycles. The fourth-order valence-corrected chi connectivity index (χ4v) is 2.86. The second-order valence-corrected chi connectivity index (χ2v) is 6.17. The lowest BCUT2D eigenvalue weighted by atomic mass is 10.4. The number of carboxylic acids is 1. The fourth-order valence-electron chi connectivity index (χ4n) is 1.82. The molecule has 2 N–H and O–H groups in total. The van der Waals surface area contributed by atoms with Crippen LogP contribution in [0.15, 0.2) is 27.7 Å². The van der Waals surface area contributed by atoms with Gasteiger partial charge in [-0.2, -0.15) is 0 Å². The first-order valence-corrected chi connectivity index (χ1v) is 7.67. The van der Waals surface area contributed by atoms with Crippen LogP contribution in [-0.2, 0) is 23.1 Å². The van der Waals surface area contributed by atoms with Gasteiger partial charge in [-0.25, -0.2) is 17.9 Å². The number of carbonyl (C=O) groups is 1. The number of hydrogen-bond donors (Lipinski definition) is 2. The van der Waals surface area contributed by atoms with E-state index in [0.717, 1.165) is 6.07 Å². The molecule has 8 nitrogen and oxygen atoms in total. The Hall–Kier alpha value is -2.13. The highest BCUT2D eigenvalue weighted by molar-refractivity contribution is 7.89. The summed E-state index contributed by atoms with van der Waals surface area (Å²) in [7, 11) is -3.81. The summed E-state index contributed by atoms with van der Waals surface area (Å²) in [5.74, 6) is -0.597. The monoisotopic (exact) mass is 313 g/mol. The number of nitrogens with one attached hydrogen (secondary N) is 1. The summed E-state index contributed by atoms with van der Waals surface area (Å²) in [4.78, 5) is 10.9. The van der Waals surface area contributed by atoms with Crippen LogP contribution in [-0.4, -0.2) is 29.2 Å². The van der Waals surface area contributed by atoms with Crippen molar-refractivity contribution in [3.63, 3.8) is 0 Å². The summed E-state index contributed by atoms with van der Waals surface area (Å²) in [6.45, 7) is 3.76. The van der Waals surface area contributed by atoms with Gasteiger partial charge in [-0.3, -0.25) is 0 Å². The van der Waals surface area contributed by atoms with Crippen molar-refractivity contribution in [2.45, 2.75) is 31.8 Å². The van der Waals surface area contributed by atoms with E-state index in [9.17, 15) is 13.2 Å². The van der Waals surface area contributed by atoms with Gasteiger partial charge in [0.2, 0.25) is 10.0 Å². The maximum atomic E-state index is 12.1. The summed E-state index contributed by atoms with van der Waals surface area (Å²) < 4.78 is 32.8. The predicted molar refractivity (Wildman–Crippen MR) is 72.3 cm³/mol. The Morgan fingerprint density at radius 2 is 2.19 bits per heavy atom. The Bertz CT molecular complexity index is 760. The molecule has 0 bridgehead atoms. The van der Waals surface area contributed by atoms with E-state index in [1.54, 1.807) is 19.9 Å². The van der Waals surface area contributed by atoms with Gasteiger partial charge in [0.1, 0.15) is 16.3 Å². The van der Waals surface area contributed by atoms with Gasteiger partial charge in [0.25, 0.3) is 0 Å². The molecule has 114 valence electrons. The zero-order valence-electron chi connectivity index (χ0n) is 11.5. The lowest BCUT2D eigenvalue weighted by Gasteiger charge is -2.02. The molecular weight excluding hydrogens is 298 g/mol. The second kappa shape index (κ2) is 5.70. The molecule has 0 saturated heterocycles. The van der Waals surface area contributed by atoms with Crippen LogP contribution >= 0.6 is 0 Å². The highest BCUT2D eigenvalue weighted by Crippen LogP contribution is 2.15. The first kappa shape index (κ1) is 15.3. The van der Waals surface area contributed by atoms with Crippen molar-refractivity contribution in [3.8, 4) is 0 Å². The Kier molecular flexibility index (Phi) is 4.14. The van der Waals surface area contributed by atoms with Gasteiger partial charge in [-0.1, -0.05) is 5.16 Å². The number of hydrogen-bond acceptors (Lipinski definition) is 5. The van der Waals surface area contributed by atoms with Crippen LogP contribution in [0.25, 0.3) is 0 Å². The van der Waals surface area contributed by atoms with E-state index < -0.39 is 16.0 Å². The van der Waals surface area contributed by atoms with Crippen molar-refractivity contribution in [2.24, 2.45) is 0 Å². The van der Waals surface area contributed by atoms with E-state index >= 15 is 0 Å². The predicted octanol–water partition coefficient (Wildman–Crippen LogP) is 0.981. The first-order chi connectivity index (χ1) is 9.83. The lowest BCUT2D eigenvalue weighted by Crippen LogP contribution is -2.23. The zero-order valence-corrected chi connectivity index (χ0v) is 12.3. The molecule has 0 spiro atoms. The highest BCUT2D eigenvalue weighted by Gasteiger charge is 2.21. The number of carboxylic acid groups (broad SMARTS) is 1. The van der Waals surface area contributed by atoms with Crippen LogP contribution in [0.4, 0.5) is 0 Å². The van der Waals surface area contributed by atoms with Gasteiger partial charge >= 0.3 is 5.97 Å². The van der Waals surface area contributed by atoms with Crippen LogP contribution in [0.2, 0.25) is 0 Å². The average molecular weight is 313 g/mol. The third-order valence-electron chi connectivity index (χ3n) is 2.86. The van der Waals surface area contributed by atoms with Gasteiger partial charge in [0.15, 0.2) is 0 Å². The third kappa shape index (κ3) is 3.31. The third-order valence-corrected chi connectivity index (χ3v) is 4.23. The summed E-state index contributed by atoms with van der Waals surface area (Å²) in [5, 5.41) is 12.7. The molecule has 0 aliphatic heterocycles. The standard InChI is InChI=1S/C12H15N3O5S/c1-3-15-7-10(5-11(15)12(16)17)21(18,19)13-6-9-4-8(2)20-14-9/h4-5,7,13H,3,6H2,1-2H3,(H,16,17). The quantitative estimate of drug-likeness (QED) is 0.821. The van der Waals surface area contributed by atoms with E-state index in [2.05, 4.69) is 9.88 Å². The Labute approximate surface area is 121 Å². The Morgan fingerprint density at radius 3 is 2.67 bits per heavy atom. The molecule has 2 aromatic heterocycles. The minimum absolute atomic E-state index is 0.0284. The van der Waals surface area contributed by atoms with E-state index in [1.165, 1.54) is 10.8 Å². The molecule has 0 radical (unpaired) electrons. The summed E-state index contributed by atoms with van der Waals surface area (Å²) in [5.41, 5.74) is 0.375. The van der Waals surface area contributed by atoms with E-state index in [0.29, 0.717) is 18.0 Å². The molecular formula is C12H15N3O5S. The molecule has 0 amide bonds. The molecule has 0 fully saturated rings. The van der Waals surface area contributed by atoms with Crippen molar-refractivity contribution in [2.75, 3.05) is 0 Å². The SMILES string of the molecule is CCn1cc(S(=O)(=O)NCc2cc(C)on2)cc1C(=O)O. The van der Waals surface area contributed by atoms with Gasteiger partial charge in [-0.05, 0) is 19.9 Å². The molecule has 0 aliphatic rings. The maximum Gasteiger partial charge on any atom is 0.352 e. The van der Waals surface area contributed by atoms with E-state index in [4.69, 9.17) is 9.63 Å². The molecule has 0 atom stereocenters. The highest BCUT2D eigenvalue weighted by atomic mass is 32.2. The summed E-state index contributed by atoms with van der Waals surface area (Å²) >= 11 is 0. The first-order valence-electron chi connectivity index (χ1n) is 6.19. The smallest absolute Gasteiger partial charge is 0.352 e. The summed E-state index contributed by atoms with van der Waals surface area (Å²) in [6.07, 6.45) is 1.29. The molecule has 0 aliphatic carbocycles. The number of sulfonamides is 1. The number of nitrogens with zero attached hydrogens (tertiary/aromatic N) is 2. The minimum Gasteiger partial charge on any atom is -0.477 e. The topological polar surface area (TPSA) is 114 Å². The average Bonchev–Trinajstić information content (AvgIpc) is 3.02.